The molecule has 0 bridgehead atoms. The Balaban J connectivity index is 0. The van der Waals surface area contributed by atoms with Crippen molar-refractivity contribution in [3.05, 3.63) is 18.5 Å². The normalized spacial score (nSPS) is 6.67. The third-order valence-corrected chi connectivity index (χ3v) is 0.347. The van der Waals surface area contributed by atoms with Crippen LogP contribution in [0.15, 0.2) is 23.0 Å². The van der Waals surface area contributed by atoms with Crippen LogP contribution in [0, 0.1) is 0 Å². The van der Waals surface area contributed by atoms with Crippen molar-refractivity contribution in [1.29, 1.82) is 0 Å². The van der Waals surface area contributed by atoms with Crippen molar-refractivity contribution >= 4 is 0 Å². The first-order valence-corrected chi connectivity index (χ1v) is 1.34. The molecule has 0 amide bonds. The fourth-order valence-corrected chi connectivity index (χ4v) is 0.176. The summed E-state index contributed by atoms with van der Waals surface area (Å²) in [6, 6.07) is 1.72. The first kappa shape index (κ1) is 6.21. The Morgan fingerprint density at radius 3 is 2.67 bits per heavy atom. The summed E-state index contributed by atoms with van der Waals surface area (Å²) in [6.07, 6.45) is 3.10. The second-order valence-corrected chi connectivity index (χ2v) is 0.688. The maximum absolute atomic E-state index is 4.33. The zero-order chi connectivity index (χ0) is 3.54. The summed E-state index contributed by atoms with van der Waals surface area (Å²) in [6.45, 7) is 0. The Kier molecular flexibility index (Phi) is 3.52. The molecule has 0 spiro atoms. The maximum atomic E-state index is 4.33. The van der Waals surface area contributed by atoms with Gasteiger partial charge in [-0.25, -0.2) is 0 Å². The van der Waals surface area contributed by atoms with Crippen molar-refractivity contribution in [2.24, 2.45) is 0 Å². The largest absolute Gasteiger partial charge is 1.00 e. The van der Waals surface area contributed by atoms with E-state index in [1.54, 1.807) is 12.3 Å². The standard InChI is InChI=1S/C3H3NO.Na.H/c1-2-4-5-3-1;;/h1-3H;;/q;+1;-1. The average molecular weight is 93.1 g/mol. The average Bonchev–Trinajstić information content (AvgIpc) is 1.76. The van der Waals surface area contributed by atoms with Crippen LogP contribution >= 0.6 is 0 Å². The van der Waals surface area contributed by atoms with Gasteiger partial charge in [0.05, 0.1) is 6.20 Å². The number of rotatable bonds is 0. The summed E-state index contributed by atoms with van der Waals surface area (Å²) in [7, 11) is 0. The Hall–Kier alpha value is 0.210. The van der Waals surface area contributed by atoms with Gasteiger partial charge in [-0.05, 0) is 6.07 Å². The molecule has 3 heteroatoms. The fourth-order valence-electron chi connectivity index (χ4n) is 0.176. The molecule has 28 valence electrons. The summed E-state index contributed by atoms with van der Waals surface area (Å²) in [5, 5.41) is 3.35. The van der Waals surface area contributed by atoms with Gasteiger partial charge in [-0.1, -0.05) is 5.16 Å². The molecule has 0 aliphatic rings. The predicted molar refractivity (Wildman–Crippen MR) is 17.6 cm³/mol. The van der Waals surface area contributed by atoms with E-state index in [0.717, 1.165) is 0 Å². The summed E-state index contributed by atoms with van der Waals surface area (Å²) in [5.74, 6) is 0. The second kappa shape index (κ2) is 3.40. The first-order valence-electron chi connectivity index (χ1n) is 1.34. The van der Waals surface area contributed by atoms with Gasteiger partial charge in [-0.15, -0.1) is 0 Å². The van der Waals surface area contributed by atoms with Crippen LogP contribution in [0.1, 0.15) is 1.43 Å². The molecule has 1 aromatic rings. The molecule has 1 rings (SSSR count). The van der Waals surface area contributed by atoms with Gasteiger partial charge in [-0.2, -0.15) is 0 Å². The van der Waals surface area contributed by atoms with E-state index in [1.165, 1.54) is 6.26 Å². The molecule has 0 radical (unpaired) electrons. The minimum absolute atomic E-state index is 0. The van der Waals surface area contributed by atoms with E-state index < -0.39 is 0 Å². The van der Waals surface area contributed by atoms with Crippen LogP contribution in [0.4, 0.5) is 0 Å². The van der Waals surface area contributed by atoms with Gasteiger partial charge in [0.2, 0.25) is 0 Å². The van der Waals surface area contributed by atoms with E-state index in [9.17, 15) is 0 Å². The molecule has 0 aromatic carbocycles. The van der Waals surface area contributed by atoms with Gasteiger partial charge in [-0.3, -0.25) is 0 Å². The molecule has 0 N–H and O–H groups in total. The molecule has 1 heterocycles. The van der Waals surface area contributed by atoms with Gasteiger partial charge in [0.1, 0.15) is 6.26 Å². The summed E-state index contributed by atoms with van der Waals surface area (Å²) in [4.78, 5) is 0. The quantitative estimate of drug-likeness (QED) is 0.340. The Bertz CT molecular complexity index is 71.4. The molecule has 0 saturated heterocycles. The molecule has 0 atom stereocenters. The van der Waals surface area contributed by atoms with Gasteiger partial charge in [0.15, 0.2) is 0 Å². The third-order valence-electron chi connectivity index (χ3n) is 0.347. The smallest absolute Gasteiger partial charge is 1.00 e. The van der Waals surface area contributed by atoms with Crippen molar-refractivity contribution in [3.8, 4) is 0 Å². The van der Waals surface area contributed by atoms with Crippen LogP contribution < -0.4 is 29.6 Å². The fraction of sp³-hybridized carbons (Fsp3) is 0. The first-order chi connectivity index (χ1) is 2.50. The Labute approximate surface area is 59.3 Å². The Morgan fingerprint density at radius 2 is 2.50 bits per heavy atom. The van der Waals surface area contributed by atoms with Gasteiger partial charge in [0, 0.05) is 0 Å². The van der Waals surface area contributed by atoms with Crippen molar-refractivity contribution in [1.82, 2.24) is 5.16 Å². The third kappa shape index (κ3) is 1.60. The molecule has 0 saturated carbocycles. The van der Waals surface area contributed by atoms with E-state index in [2.05, 4.69) is 9.68 Å². The zero-order valence-electron chi connectivity index (χ0n) is 4.59. The minimum atomic E-state index is 0. The van der Waals surface area contributed by atoms with Gasteiger partial charge >= 0.3 is 29.6 Å². The number of hydrogen-bond donors (Lipinski definition) is 0. The molecule has 1 aromatic heterocycles. The second-order valence-electron chi connectivity index (χ2n) is 0.688. The van der Waals surface area contributed by atoms with Crippen molar-refractivity contribution in [3.63, 3.8) is 0 Å². The summed E-state index contributed by atoms with van der Waals surface area (Å²) >= 11 is 0. The van der Waals surface area contributed by atoms with Gasteiger partial charge < -0.3 is 5.95 Å². The molecule has 2 nitrogen and oxygen atoms in total. The summed E-state index contributed by atoms with van der Waals surface area (Å²) in [5.41, 5.74) is 0. The number of nitrogens with zero attached hydrogens (tertiary/aromatic N) is 1. The van der Waals surface area contributed by atoms with Crippen LogP contribution in [-0.4, -0.2) is 5.16 Å². The molecular formula is C3H4NNaO. The zero-order valence-corrected chi connectivity index (χ0v) is 5.59. The number of aromatic nitrogens is 1. The Morgan fingerprint density at radius 1 is 1.67 bits per heavy atom. The van der Waals surface area contributed by atoms with Crippen molar-refractivity contribution in [2.75, 3.05) is 0 Å². The molecule has 0 aliphatic carbocycles. The minimum Gasteiger partial charge on any atom is -1.00 e. The van der Waals surface area contributed by atoms with E-state index in [-0.39, 0.29) is 31.0 Å². The monoisotopic (exact) mass is 93.0 g/mol. The van der Waals surface area contributed by atoms with E-state index in [4.69, 9.17) is 0 Å². The maximum Gasteiger partial charge on any atom is 1.00 e. The van der Waals surface area contributed by atoms with Crippen LogP contribution in [-0.2, 0) is 0 Å². The molecule has 0 aliphatic heterocycles. The SMILES string of the molecule is [H-].[Na+].c1cnoc1. The summed E-state index contributed by atoms with van der Waals surface area (Å²) < 4.78 is 4.33. The van der Waals surface area contributed by atoms with Crippen LogP contribution in [0.5, 0.6) is 0 Å². The molecule has 0 unspecified atom stereocenters. The van der Waals surface area contributed by atoms with E-state index >= 15 is 0 Å². The van der Waals surface area contributed by atoms with E-state index in [0.29, 0.717) is 0 Å². The van der Waals surface area contributed by atoms with Crippen molar-refractivity contribution in [2.45, 2.75) is 0 Å². The van der Waals surface area contributed by atoms with Crippen molar-refractivity contribution < 1.29 is 35.5 Å². The van der Waals surface area contributed by atoms with Crippen LogP contribution in [0.3, 0.4) is 0 Å². The van der Waals surface area contributed by atoms with Crippen LogP contribution in [0.2, 0.25) is 0 Å². The number of hydrogen-bond acceptors (Lipinski definition) is 2. The topological polar surface area (TPSA) is 26.0 Å². The molecule has 0 fully saturated rings. The van der Waals surface area contributed by atoms with Gasteiger partial charge in [0.25, 0.3) is 0 Å². The predicted octanol–water partition coefficient (Wildman–Crippen LogP) is -2.21. The molecular weight excluding hydrogens is 89.0 g/mol. The van der Waals surface area contributed by atoms with E-state index in [1.807, 2.05) is 0 Å². The molecule has 6 heavy (non-hydrogen) atoms. The van der Waals surface area contributed by atoms with Crippen LogP contribution in [0.25, 0.3) is 0 Å².